The minimum absolute atomic E-state index is 0.0761. The zero-order chi connectivity index (χ0) is 22.7. The first-order valence-electron chi connectivity index (χ1n) is 10.9. The summed E-state index contributed by atoms with van der Waals surface area (Å²) in [6, 6.07) is 14.9. The number of hydrogen-bond donors (Lipinski definition) is 0. The van der Waals surface area contributed by atoms with Crippen molar-refractivity contribution in [2.75, 3.05) is 0 Å². The van der Waals surface area contributed by atoms with Gasteiger partial charge in [0.05, 0.1) is 0 Å². The van der Waals surface area contributed by atoms with Gasteiger partial charge in [-0.2, -0.15) is 0 Å². The van der Waals surface area contributed by atoms with Crippen LogP contribution in [0.15, 0.2) is 42.5 Å². The number of rotatable bonds is 2. The van der Waals surface area contributed by atoms with Gasteiger partial charge in [-0.25, -0.2) is 0 Å². The summed E-state index contributed by atoms with van der Waals surface area (Å²) in [5.41, 5.74) is 5.39. The molecule has 1 unspecified atom stereocenters. The lowest BCUT2D eigenvalue weighted by molar-refractivity contribution is -0.131. The van der Waals surface area contributed by atoms with E-state index in [9.17, 15) is 4.79 Å². The van der Waals surface area contributed by atoms with Crippen molar-refractivity contribution in [2.45, 2.75) is 72.3 Å². The minimum atomic E-state index is -0.309. The Morgan fingerprint density at radius 2 is 1.52 bits per heavy atom. The van der Waals surface area contributed by atoms with E-state index in [2.05, 4.69) is 90.9 Å². The van der Waals surface area contributed by atoms with Crippen LogP contribution in [0.25, 0.3) is 10.8 Å². The van der Waals surface area contributed by atoms with E-state index in [-0.39, 0.29) is 22.9 Å². The molecule has 0 saturated heterocycles. The molecule has 4 rings (SSSR count). The van der Waals surface area contributed by atoms with E-state index in [1.54, 1.807) is 0 Å². The van der Waals surface area contributed by atoms with Crippen molar-refractivity contribution < 1.29 is 14.3 Å². The van der Waals surface area contributed by atoms with Crippen molar-refractivity contribution in [1.82, 2.24) is 0 Å². The van der Waals surface area contributed by atoms with E-state index < -0.39 is 0 Å². The fourth-order valence-corrected chi connectivity index (χ4v) is 4.40. The van der Waals surface area contributed by atoms with Gasteiger partial charge in [0.15, 0.2) is 0 Å². The molecule has 0 saturated carbocycles. The van der Waals surface area contributed by atoms with Gasteiger partial charge in [0.2, 0.25) is 0 Å². The molecule has 3 nitrogen and oxygen atoms in total. The highest BCUT2D eigenvalue weighted by atomic mass is 16.5. The fraction of sp³-hybridized carbons (Fsp3) is 0.393. The molecule has 0 aromatic heterocycles. The SMILES string of the molecule is CC(=O)Oc1c(C(C)(C)C)cc2c3c(c(C(C)(C)C)ccc13)OC2c1ccc(C)cc1. The number of carbonyl (C=O) groups excluding carboxylic acids is 1. The highest BCUT2D eigenvalue weighted by Gasteiger charge is 2.36. The van der Waals surface area contributed by atoms with Crippen molar-refractivity contribution in [3.8, 4) is 11.5 Å². The molecule has 1 aliphatic rings. The molecule has 162 valence electrons. The van der Waals surface area contributed by atoms with E-state index in [1.165, 1.54) is 12.5 Å². The molecule has 31 heavy (non-hydrogen) atoms. The Balaban J connectivity index is 2.08. The van der Waals surface area contributed by atoms with Gasteiger partial charge in [-0.3, -0.25) is 4.79 Å². The van der Waals surface area contributed by atoms with E-state index in [1.807, 2.05) is 0 Å². The molecular formula is C28H32O3. The maximum Gasteiger partial charge on any atom is 0.308 e. The molecule has 1 atom stereocenters. The normalized spacial score (nSPS) is 15.8. The molecule has 1 heterocycles. The van der Waals surface area contributed by atoms with Crippen molar-refractivity contribution >= 4 is 16.7 Å². The van der Waals surface area contributed by atoms with Crippen LogP contribution < -0.4 is 9.47 Å². The number of ether oxygens (including phenoxy) is 2. The topological polar surface area (TPSA) is 35.5 Å². The van der Waals surface area contributed by atoms with Crippen LogP contribution in [0, 0.1) is 6.92 Å². The van der Waals surface area contributed by atoms with Crippen molar-refractivity contribution in [2.24, 2.45) is 0 Å². The average molecular weight is 417 g/mol. The summed E-state index contributed by atoms with van der Waals surface area (Å²) in [5, 5.41) is 2.00. The van der Waals surface area contributed by atoms with Crippen LogP contribution in [0.5, 0.6) is 11.5 Å². The molecule has 0 spiro atoms. The quantitative estimate of drug-likeness (QED) is 0.329. The summed E-state index contributed by atoms with van der Waals surface area (Å²) in [7, 11) is 0. The summed E-state index contributed by atoms with van der Waals surface area (Å²) in [6.45, 7) is 16.6. The Morgan fingerprint density at radius 1 is 0.903 bits per heavy atom. The molecule has 0 amide bonds. The second-order valence-electron chi connectivity index (χ2n) is 10.7. The van der Waals surface area contributed by atoms with Crippen LogP contribution in [0.3, 0.4) is 0 Å². The molecule has 0 radical (unpaired) electrons. The van der Waals surface area contributed by atoms with Gasteiger partial charge in [-0.15, -0.1) is 0 Å². The summed E-state index contributed by atoms with van der Waals surface area (Å²) >= 11 is 0. The molecule has 0 aliphatic carbocycles. The van der Waals surface area contributed by atoms with E-state index in [0.29, 0.717) is 5.75 Å². The predicted octanol–water partition coefficient (Wildman–Crippen LogP) is 7.15. The van der Waals surface area contributed by atoms with Crippen molar-refractivity contribution in [1.29, 1.82) is 0 Å². The Bertz CT molecular complexity index is 1170. The first-order chi connectivity index (χ1) is 14.4. The first-order valence-corrected chi connectivity index (χ1v) is 10.9. The lowest BCUT2D eigenvalue weighted by Crippen LogP contribution is -2.16. The second kappa shape index (κ2) is 7.12. The monoisotopic (exact) mass is 416 g/mol. The molecule has 1 aliphatic heterocycles. The highest BCUT2D eigenvalue weighted by Crippen LogP contribution is 2.53. The molecule has 3 heteroatoms. The summed E-state index contributed by atoms with van der Waals surface area (Å²) in [6.07, 6.45) is -0.186. The van der Waals surface area contributed by atoms with Crippen LogP contribution in [-0.2, 0) is 15.6 Å². The minimum Gasteiger partial charge on any atom is -0.480 e. The standard InChI is InChI=1S/C28H32O3/c1-16-9-11-18(12-10-16)24-20-15-22(28(6,7)8)25(30-17(2)29)19-13-14-21(27(3,4)5)26(31-24)23(19)20/h9-15,24H,1-8H3. The predicted molar refractivity (Wildman–Crippen MR) is 126 cm³/mol. The van der Waals surface area contributed by atoms with Crippen LogP contribution in [-0.4, -0.2) is 5.97 Å². The van der Waals surface area contributed by atoms with Crippen LogP contribution in [0.1, 0.15) is 82.4 Å². The number of hydrogen-bond acceptors (Lipinski definition) is 3. The number of carbonyl (C=O) groups is 1. The van der Waals surface area contributed by atoms with E-state index in [4.69, 9.17) is 9.47 Å². The number of aryl methyl sites for hydroxylation is 1. The third kappa shape index (κ3) is 3.71. The average Bonchev–Trinajstić information content (AvgIpc) is 3.02. The number of esters is 1. The van der Waals surface area contributed by atoms with Gasteiger partial charge in [-0.1, -0.05) is 83.5 Å². The van der Waals surface area contributed by atoms with Crippen molar-refractivity contribution in [3.05, 3.63) is 70.3 Å². The maximum atomic E-state index is 12.0. The van der Waals surface area contributed by atoms with Gasteiger partial charge in [0, 0.05) is 34.4 Å². The van der Waals surface area contributed by atoms with Gasteiger partial charge in [0.1, 0.15) is 17.6 Å². The molecule has 0 fully saturated rings. The van der Waals surface area contributed by atoms with Crippen LogP contribution in [0.4, 0.5) is 0 Å². The van der Waals surface area contributed by atoms with E-state index in [0.717, 1.165) is 38.8 Å². The second-order valence-corrected chi connectivity index (χ2v) is 10.7. The van der Waals surface area contributed by atoms with Crippen LogP contribution >= 0.6 is 0 Å². The van der Waals surface area contributed by atoms with E-state index >= 15 is 0 Å². The van der Waals surface area contributed by atoms with Gasteiger partial charge in [-0.05, 0) is 29.4 Å². The van der Waals surface area contributed by atoms with Gasteiger partial charge < -0.3 is 9.47 Å². The molecule has 3 aromatic rings. The summed E-state index contributed by atoms with van der Waals surface area (Å²) < 4.78 is 12.5. The lowest BCUT2D eigenvalue weighted by Gasteiger charge is -2.25. The molecule has 3 aromatic carbocycles. The third-order valence-corrected chi connectivity index (χ3v) is 6.00. The zero-order valence-electron chi connectivity index (χ0n) is 19.8. The Hall–Kier alpha value is -2.81. The fourth-order valence-electron chi connectivity index (χ4n) is 4.40. The largest absolute Gasteiger partial charge is 0.480 e. The zero-order valence-corrected chi connectivity index (χ0v) is 19.8. The lowest BCUT2D eigenvalue weighted by atomic mass is 9.80. The number of benzene rings is 3. The Labute approximate surface area is 185 Å². The van der Waals surface area contributed by atoms with Crippen LogP contribution in [0.2, 0.25) is 0 Å². The molecule has 0 bridgehead atoms. The smallest absolute Gasteiger partial charge is 0.308 e. The van der Waals surface area contributed by atoms with Gasteiger partial charge >= 0.3 is 5.97 Å². The summed E-state index contributed by atoms with van der Waals surface area (Å²) in [5.74, 6) is 1.24. The first kappa shape index (κ1) is 21.4. The van der Waals surface area contributed by atoms with Crippen molar-refractivity contribution in [3.63, 3.8) is 0 Å². The Kier molecular flexibility index (Phi) is 4.92. The Morgan fingerprint density at radius 3 is 2.06 bits per heavy atom. The van der Waals surface area contributed by atoms with Gasteiger partial charge in [0.25, 0.3) is 0 Å². The molecule has 0 N–H and O–H groups in total. The molecular weight excluding hydrogens is 384 g/mol. The summed E-state index contributed by atoms with van der Waals surface area (Å²) in [4.78, 5) is 12.0. The third-order valence-electron chi connectivity index (χ3n) is 6.00. The highest BCUT2D eigenvalue weighted by molar-refractivity contribution is 6.01. The maximum absolute atomic E-state index is 12.0.